The van der Waals surface area contributed by atoms with Gasteiger partial charge in [0.1, 0.15) is 22.6 Å². The van der Waals surface area contributed by atoms with Crippen LogP contribution in [0.4, 0.5) is 0 Å². The molecule has 202 valence electrons. The molecule has 0 spiro atoms. The average Bonchev–Trinajstić information content (AvgIpc) is 3.43. The molecule has 3 aromatic heterocycles. The number of aromatic nitrogens is 3. The highest BCUT2D eigenvalue weighted by atomic mass is 35.5. The minimum absolute atomic E-state index is 0.000524. The molecule has 5 rings (SSSR count). The van der Waals surface area contributed by atoms with Crippen LogP contribution >= 0.6 is 23.2 Å². The van der Waals surface area contributed by atoms with Gasteiger partial charge in [0.25, 0.3) is 11.5 Å². The highest BCUT2D eigenvalue weighted by Crippen LogP contribution is 2.27. The fourth-order valence-corrected chi connectivity index (χ4v) is 4.87. The summed E-state index contributed by atoms with van der Waals surface area (Å²) in [5.41, 5.74) is 0.246. The summed E-state index contributed by atoms with van der Waals surface area (Å²) in [6.45, 7) is 2.09. The quantitative estimate of drug-likeness (QED) is 0.245. The standard InChI is InChI=1S/C27H24Cl2N4O6/c1-2-37-27(36)19-13-18-24(30-22-7-3-4-10-32(22)26(18)35)33(14-17-6-5-11-38-17)25(19)31-23(34)15-39-21-9-8-16(28)12-20(21)29/h3-4,7-10,12-13,17H,2,5-6,11,14-15H2,1H3/t17-/m0/s1. The molecule has 1 amide bonds. The number of hydrogen-bond acceptors (Lipinski definition) is 7. The number of fused-ring (bicyclic) bond motifs is 2. The van der Waals surface area contributed by atoms with Crippen LogP contribution in [0, 0.1) is 0 Å². The molecule has 0 N–H and O–H groups in total. The molecule has 4 aromatic rings. The van der Waals surface area contributed by atoms with Gasteiger partial charge >= 0.3 is 5.97 Å². The highest BCUT2D eigenvalue weighted by molar-refractivity contribution is 6.35. The predicted molar refractivity (Wildman–Crippen MR) is 144 cm³/mol. The lowest BCUT2D eigenvalue weighted by Crippen LogP contribution is -2.35. The van der Waals surface area contributed by atoms with E-state index in [1.165, 1.54) is 22.6 Å². The van der Waals surface area contributed by atoms with Crippen LogP contribution in [0.25, 0.3) is 16.7 Å². The summed E-state index contributed by atoms with van der Waals surface area (Å²) in [5.74, 6) is -1.17. The average molecular weight is 571 g/mol. The minimum atomic E-state index is -0.730. The van der Waals surface area contributed by atoms with Crippen LogP contribution in [-0.2, 0) is 20.8 Å². The van der Waals surface area contributed by atoms with Crippen molar-refractivity contribution in [1.82, 2.24) is 14.0 Å². The molecule has 0 saturated carbocycles. The summed E-state index contributed by atoms with van der Waals surface area (Å²) in [7, 11) is 0. The normalized spacial score (nSPS) is 15.7. The van der Waals surface area contributed by atoms with E-state index in [2.05, 4.69) is 4.99 Å². The first-order chi connectivity index (χ1) is 18.9. The number of amides is 1. The number of rotatable bonds is 7. The Morgan fingerprint density at radius 2 is 2.05 bits per heavy atom. The molecule has 4 heterocycles. The first-order valence-electron chi connectivity index (χ1n) is 12.3. The van der Waals surface area contributed by atoms with Crippen molar-refractivity contribution < 1.29 is 23.8 Å². The molecule has 0 radical (unpaired) electrons. The maximum absolute atomic E-state index is 13.4. The van der Waals surface area contributed by atoms with Gasteiger partial charge in [-0.25, -0.2) is 9.78 Å². The lowest BCUT2D eigenvalue weighted by Gasteiger charge is -2.18. The van der Waals surface area contributed by atoms with Crippen molar-refractivity contribution in [2.45, 2.75) is 32.4 Å². The van der Waals surface area contributed by atoms with Gasteiger partial charge in [0, 0.05) is 17.8 Å². The molecule has 1 fully saturated rings. The Kier molecular flexibility index (Phi) is 7.97. The molecule has 1 aromatic carbocycles. The van der Waals surface area contributed by atoms with Crippen molar-refractivity contribution in [3.63, 3.8) is 0 Å². The van der Waals surface area contributed by atoms with Gasteiger partial charge in [-0.2, -0.15) is 4.99 Å². The molecule has 0 bridgehead atoms. The molecule has 0 aliphatic carbocycles. The minimum Gasteiger partial charge on any atom is -0.482 e. The molecule has 39 heavy (non-hydrogen) atoms. The second-order valence-corrected chi connectivity index (χ2v) is 9.64. The van der Waals surface area contributed by atoms with Crippen molar-refractivity contribution in [3.05, 3.63) is 80.1 Å². The smallest absolute Gasteiger partial charge is 0.341 e. The zero-order valence-electron chi connectivity index (χ0n) is 20.9. The van der Waals surface area contributed by atoms with Crippen LogP contribution in [0.2, 0.25) is 10.0 Å². The number of halogens is 2. The maximum atomic E-state index is 13.4. The van der Waals surface area contributed by atoms with E-state index in [-0.39, 0.29) is 57.7 Å². The van der Waals surface area contributed by atoms with Crippen LogP contribution in [0.3, 0.4) is 0 Å². The van der Waals surface area contributed by atoms with Crippen molar-refractivity contribution in [3.8, 4) is 5.75 Å². The number of esters is 1. The monoisotopic (exact) mass is 570 g/mol. The number of hydrogen-bond donors (Lipinski definition) is 0. The summed E-state index contributed by atoms with van der Waals surface area (Å²) < 4.78 is 19.6. The Balaban J connectivity index is 1.69. The Morgan fingerprint density at radius 1 is 1.21 bits per heavy atom. The summed E-state index contributed by atoms with van der Waals surface area (Å²) >= 11 is 12.1. The van der Waals surface area contributed by atoms with Gasteiger partial charge in [-0.1, -0.05) is 29.3 Å². The van der Waals surface area contributed by atoms with Gasteiger partial charge in [0.15, 0.2) is 12.1 Å². The Morgan fingerprint density at radius 3 is 2.79 bits per heavy atom. The van der Waals surface area contributed by atoms with E-state index in [4.69, 9.17) is 42.4 Å². The molecule has 10 nitrogen and oxygen atoms in total. The number of ether oxygens (including phenoxy) is 3. The van der Waals surface area contributed by atoms with Crippen LogP contribution in [-0.4, -0.2) is 51.8 Å². The molecule has 0 unspecified atom stereocenters. The molecule has 12 heteroatoms. The maximum Gasteiger partial charge on any atom is 0.341 e. The van der Waals surface area contributed by atoms with Crippen molar-refractivity contribution in [1.29, 1.82) is 0 Å². The Labute approximate surface area is 232 Å². The first-order valence-corrected chi connectivity index (χ1v) is 13.1. The van der Waals surface area contributed by atoms with Crippen LogP contribution in [0.5, 0.6) is 5.75 Å². The number of carbonyl (C=O) groups excluding carboxylic acids is 2. The van der Waals surface area contributed by atoms with E-state index in [9.17, 15) is 14.4 Å². The fourth-order valence-electron chi connectivity index (χ4n) is 4.40. The van der Waals surface area contributed by atoms with Gasteiger partial charge in [-0.05, 0) is 56.2 Å². The van der Waals surface area contributed by atoms with Crippen LogP contribution < -0.4 is 15.8 Å². The van der Waals surface area contributed by atoms with Crippen molar-refractivity contribution in [2.75, 3.05) is 19.8 Å². The summed E-state index contributed by atoms with van der Waals surface area (Å²) in [6.07, 6.45) is 3.00. The molecule has 1 aliphatic rings. The highest BCUT2D eigenvalue weighted by Gasteiger charge is 2.24. The van der Waals surface area contributed by atoms with Gasteiger partial charge in [0.05, 0.1) is 29.7 Å². The summed E-state index contributed by atoms with van der Waals surface area (Å²) in [5, 5.41) is 0.832. The summed E-state index contributed by atoms with van der Waals surface area (Å²) in [4.78, 5) is 48.5. The van der Waals surface area contributed by atoms with Gasteiger partial charge < -0.3 is 18.8 Å². The predicted octanol–water partition coefficient (Wildman–Crippen LogP) is 3.82. The lowest BCUT2D eigenvalue weighted by molar-refractivity contribution is -0.120. The zero-order chi connectivity index (χ0) is 27.5. The van der Waals surface area contributed by atoms with E-state index < -0.39 is 18.5 Å². The van der Waals surface area contributed by atoms with E-state index in [0.717, 1.165) is 12.8 Å². The number of benzene rings is 1. The van der Waals surface area contributed by atoms with Crippen LogP contribution in [0.15, 0.2) is 58.4 Å². The van der Waals surface area contributed by atoms with Gasteiger partial charge in [0.2, 0.25) is 0 Å². The fraction of sp³-hybridized carbons (Fsp3) is 0.296. The van der Waals surface area contributed by atoms with Crippen molar-refractivity contribution in [2.24, 2.45) is 4.99 Å². The van der Waals surface area contributed by atoms with E-state index in [1.54, 1.807) is 42.0 Å². The number of pyridine rings is 2. The zero-order valence-corrected chi connectivity index (χ0v) is 22.4. The summed E-state index contributed by atoms with van der Waals surface area (Å²) in [6, 6.07) is 11.2. The first kappa shape index (κ1) is 26.9. The second kappa shape index (κ2) is 11.6. The van der Waals surface area contributed by atoms with Gasteiger partial charge in [-0.15, -0.1) is 0 Å². The van der Waals surface area contributed by atoms with E-state index >= 15 is 0 Å². The second-order valence-electron chi connectivity index (χ2n) is 8.80. The molecule has 1 aliphatic heterocycles. The number of nitrogens with zero attached hydrogens (tertiary/aromatic N) is 4. The molecule has 1 atom stereocenters. The number of carbonyl (C=O) groups is 2. The Hall–Kier alpha value is -3.73. The lowest BCUT2D eigenvalue weighted by atomic mass is 10.2. The Bertz CT molecular complexity index is 1710. The SMILES string of the molecule is CCOC(=O)c1cc2c(=O)n3ccccc3nc2n(C[C@@H]2CCCO2)c1=NC(=O)COc1ccc(Cl)cc1Cl. The third-order valence-electron chi connectivity index (χ3n) is 6.17. The topological polar surface area (TPSA) is 113 Å². The van der Waals surface area contributed by atoms with E-state index in [1.807, 2.05) is 0 Å². The molecular weight excluding hydrogens is 547 g/mol. The van der Waals surface area contributed by atoms with E-state index in [0.29, 0.717) is 17.3 Å². The van der Waals surface area contributed by atoms with Crippen LogP contribution in [0.1, 0.15) is 30.1 Å². The van der Waals surface area contributed by atoms with Gasteiger partial charge in [-0.3, -0.25) is 14.0 Å². The largest absolute Gasteiger partial charge is 0.482 e. The third kappa shape index (κ3) is 5.68. The molecular formula is C27H24Cl2N4O6. The third-order valence-corrected chi connectivity index (χ3v) is 6.70. The van der Waals surface area contributed by atoms with Crippen molar-refractivity contribution >= 4 is 51.8 Å². The molecule has 1 saturated heterocycles.